The molecule has 1 unspecified atom stereocenters. The van der Waals surface area contributed by atoms with Gasteiger partial charge in [0.05, 0.1) is 13.2 Å². The van der Waals surface area contributed by atoms with Gasteiger partial charge in [0.15, 0.2) is 0 Å². The third-order valence-electron chi connectivity index (χ3n) is 2.42. The van der Waals surface area contributed by atoms with Gasteiger partial charge in [-0.1, -0.05) is 12.1 Å². The van der Waals surface area contributed by atoms with Gasteiger partial charge in [-0.25, -0.2) is 5.84 Å². The lowest BCUT2D eigenvalue weighted by atomic mass is 10.1. The number of hydrazine groups is 1. The summed E-state index contributed by atoms with van der Waals surface area (Å²) in [6.07, 6.45) is 0. The van der Waals surface area contributed by atoms with Gasteiger partial charge < -0.3 is 10.1 Å². The summed E-state index contributed by atoms with van der Waals surface area (Å²) < 4.78 is 5.11. The van der Waals surface area contributed by atoms with Crippen molar-refractivity contribution in [2.75, 3.05) is 13.7 Å². The summed E-state index contributed by atoms with van der Waals surface area (Å²) in [4.78, 5) is 4.19. The Hall–Kier alpha value is -1.75. The van der Waals surface area contributed by atoms with Crippen LogP contribution in [0.25, 0.3) is 0 Å². The number of nitrogens with two attached hydrogens (primary N) is 1. The molecule has 0 aliphatic rings. The first-order valence-electron chi connectivity index (χ1n) is 5.62. The average Bonchev–Trinajstić information content (AvgIpc) is 2.38. The molecule has 0 saturated heterocycles. The van der Waals surface area contributed by atoms with Crippen LogP contribution in [0, 0.1) is 0 Å². The van der Waals surface area contributed by atoms with Crippen LogP contribution in [-0.4, -0.2) is 19.6 Å². The maximum Gasteiger partial charge on any atom is 0.206 e. The molecule has 0 amide bonds. The minimum Gasteiger partial charge on any atom is -0.497 e. The molecule has 1 rings (SSSR count). The fraction of sp³-hybridized carbons (Fsp3) is 0.417. The van der Waals surface area contributed by atoms with E-state index in [4.69, 9.17) is 10.6 Å². The molecule has 0 radical (unpaired) electrons. The van der Waals surface area contributed by atoms with E-state index in [1.807, 2.05) is 38.1 Å². The molecule has 0 aliphatic carbocycles. The maximum absolute atomic E-state index is 5.37. The first-order chi connectivity index (χ1) is 8.21. The second-order valence-corrected chi connectivity index (χ2v) is 3.61. The van der Waals surface area contributed by atoms with E-state index in [1.54, 1.807) is 7.11 Å². The van der Waals surface area contributed by atoms with Gasteiger partial charge in [-0.05, 0) is 31.5 Å². The van der Waals surface area contributed by atoms with Gasteiger partial charge in [0.2, 0.25) is 5.96 Å². The van der Waals surface area contributed by atoms with Crippen molar-refractivity contribution in [1.29, 1.82) is 0 Å². The van der Waals surface area contributed by atoms with Crippen molar-refractivity contribution < 1.29 is 4.74 Å². The lowest BCUT2D eigenvalue weighted by molar-refractivity contribution is 0.414. The zero-order valence-corrected chi connectivity index (χ0v) is 10.5. The highest BCUT2D eigenvalue weighted by molar-refractivity contribution is 5.79. The van der Waals surface area contributed by atoms with Crippen LogP contribution in [0.5, 0.6) is 5.75 Å². The van der Waals surface area contributed by atoms with E-state index in [-0.39, 0.29) is 6.04 Å². The van der Waals surface area contributed by atoms with E-state index in [0.717, 1.165) is 11.3 Å². The molecular weight excluding hydrogens is 216 g/mol. The Labute approximate surface area is 102 Å². The highest BCUT2D eigenvalue weighted by Crippen LogP contribution is 2.16. The number of ether oxygens (including phenoxy) is 1. The molecule has 1 aromatic carbocycles. The molecule has 5 nitrogen and oxygen atoms in total. The van der Waals surface area contributed by atoms with Crippen molar-refractivity contribution in [1.82, 2.24) is 10.7 Å². The quantitative estimate of drug-likeness (QED) is 0.318. The van der Waals surface area contributed by atoms with E-state index in [1.165, 1.54) is 0 Å². The Morgan fingerprint density at radius 3 is 2.53 bits per heavy atom. The molecule has 0 aliphatic heterocycles. The lowest BCUT2D eigenvalue weighted by Crippen LogP contribution is -2.42. The number of guanidine groups is 1. The predicted octanol–water partition coefficient (Wildman–Crippen LogP) is 1.18. The van der Waals surface area contributed by atoms with Crippen molar-refractivity contribution in [3.8, 4) is 5.75 Å². The average molecular weight is 236 g/mol. The van der Waals surface area contributed by atoms with E-state index in [0.29, 0.717) is 12.5 Å². The second-order valence-electron chi connectivity index (χ2n) is 3.61. The van der Waals surface area contributed by atoms with Gasteiger partial charge >= 0.3 is 0 Å². The second kappa shape index (κ2) is 6.75. The molecule has 0 saturated carbocycles. The summed E-state index contributed by atoms with van der Waals surface area (Å²) in [5.74, 6) is 6.81. The number of benzene rings is 1. The standard InChI is InChI=1S/C12H20N4O/c1-4-14-12(16-13)15-9(2)10-5-7-11(17-3)8-6-10/h5-9H,4,13H2,1-3H3,(H2,14,15,16). The van der Waals surface area contributed by atoms with Crippen molar-refractivity contribution in [3.63, 3.8) is 0 Å². The fourth-order valence-corrected chi connectivity index (χ4v) is 1.47. The van der Waals surface area contributed by atoms with E-state index in [9.17, 15) is 0 Å². The third kappa shape index (κ3) is 3.96. The van der Waals surface area contributed by atoms with Crippen LogP contribution < -0.4 is 21.3 Å². The molecule has 1 aromatic rings. The minimum absolute atomic E-state index is 0.127. The first kappa shape index (κ1) is 13.3. The Balaban J connectivity index is 2.68. The van der Waals surface area contributed by atoms with Crippen molar-refractivity contribution in [3.05, 3.63) is 29.8 Å². The Morgan fingerprint density at radius 1 is 1.41 bits per heavy atom. The van der Waals surface area contributed by atoms with Crippen molar-refractivity contribution >= 4 is 5.96 Å². The van der Waals surface area contributed by atoms with Crippen LogP contribution in [-0.2, 0) is 0 Å². The van der Waals surface area contributed by atoms with Crippen LogP contribution >= 0.6 is 0 Å². The monoisotopic (exact) mass is 236 g/mol. The molecule has 0 heterocycles. The zero-order valence-electron chi connectivity index (χ0n) is 10.5. The number of hydrogen-bond donors (Lipinski definition) is 3. The molecule has 1 atom stereocenters. The molecule has 0 spiro atoms. The predicted molar refractivity (Wildman–Crippen MR) is 69.8 cm³/mol. The SMILES string of the molecule is CCN=C(NN)NC(C)c1ccc(OC)cc1. The highest BCUT2D eigenvalue weighted by Gasteiger charge is 2.06. The largest absolute Gasteiger partial charge is 0.497 e. The van der Waals surface area contributed by atoms with Crippen LogP contribution in [0.3, 0.4) is 0 Å². The van der Waals surface area contributed by atoms with Gasteiger partial charge in [-0.3, -0.25) is 10.4 Å². The smallest absolute Gasteiger partial charge is 0.206 e. The molecule has 0 bridgehead atoms. The van der Waals surface area contributed by atoms with Crippen LogP contribution in [0.15, 0.2) is 29.3 Å². The molecule has 17 heavy (non-hydrogen) atoms. The molecular formula is C12H20N4O. The molecule has 4 N–H and O–H groups in total. The Kier molecular flexibility index (Phi) is 5.29. The number of hydrogen-bond acceptors (Lipinski definition) is 3. The molecule has 5 heteroatoms. The van der Waals surface area contributed by atoms with E-state index in [2.05, 4.69) is 15.7 Å². The van der Waals surface area contributed by atoms with Crippen LogP contribution in [0.2, 0.25) is 0 Å². The first-order valence-corrected chi connectivity index (χ1v) is 5.62. The zero-order chi connectivity index (χ0) is 12.7. The van der Waals surface area contributed by atoms with Gasteiger partial charge in [0.25, 0.3) is 0 Å². The summed E-state index contributed by atoms with van der Waals surface area (Å²) in [6, 6.07) is 8.01. The topological polar surface area (TPSA) is 71.7 Å². The maximum atomic E-state index is 5.37. The van der Waals surface area contributed by atoms with Crippen molar-refractivity contribution in [2.45, 2.75) is 19.9 Å². The Morgan fingerprint density at radius 2 is 2.06 bits per heavy atom. The summed E-state index contributed by atoms with van der Waals surface area (Å²) in [7, 11) is 1.65. The van der Waals surface area contributed by atoms with Crippen LogP contribution in [0.4, 0.5) is 0 Å². The van der Waals surface area contributed by atoms with Gasteiger partial charge in [-0.2, -0.15) is 0 Å². The van der Waals surface area contributed by atoms with E-state index >= 15 is 0 Å². The van der Waals surface area contributed by atoms with E-state index < -0.39 is 0 Å². The highest BCUT2D eigenvalue weighted by atomic mass is 16.5. The van der Waals surface area contributed by atoms with Gasteiger partial charge in [0.1, 0.15) is 5.75 Å². The Bertz CT molecular complexity index is 361. The number of nitrogens with one attached hydrogen (secondary N) is 2. The van der Waals surface area contributed by atoms with Gasteiger partial charge in [0, 0.05) is 6.54 Å². The third-order valence-corrected chi connectivity index (χ3v) is 2.42. The fourth-order valence-electron chi connectivity index (χ4n) is 1.47. The molecule has 0 fully saturated rings. The van der Waals surface area contributed by atoms with Crippen molar-refractivity contribution in [2.24, 2.45) is 10.8 Å². The number of rotatable bonds is 4. The molecule has 94 valence electrons. The summed E-state index contributed by atoms with van der Waals surface area (Å²) in [6.45, 7) is 4.68. The molecule has 0 aromatic heterocycles. The van der Waals surface area contributed by atoms with Gasteiger partial charge in [-0.15, -0.1) is 0 Å². The summed E-state index contributed by atoms with van der Waals surface area (Å²) in [5.41, 5.74) is 3.68. The lowest BCUT2D eigenvalue weighted by Gasteiger charge is -2.17. The summed E-state index contributed by atoms with van der Waals surface area (Å²) in [5, 5.41) is 3.19. The number of methoxy groups -OCH3 is 1. The number of aliphatic imine (C=N–C) groups is 1. The minimum atomic E-state index is 0.127. The normalized spacial score (nSPS) is 13.1. The summed E-state index contributed by atoms with van der Waals surface area (Å²) >= 11 is 0. The number of nitrogens with zero attached hydrogens (tertiary/aromatic N) is 1. The van der Waals surface area contributed by atoms with Crippen LogP contribution in [0.1, 0.15) is 25.5 Å².